The van der Waals surface area contributed by atoms with Gasteiger partial charge < -0.3 is 9.26 Å². The molecule has 1 heterocycles. The van der Waals surface area contributed by atoms with Crippen LogP contribution in [-0.4, -0.2) is 41.2 Å². The van der Waals surface area contributed by atoms with Crippen molar-refractivity contribution in [1.29, 1.82) is 0 Å². The first kappa shape index (κ1) is 15.2. The van der Waals surface area contributed by atoms with Crippen LogP contribution in [-0.2, 0) is 16.1 Å². The van der Waals surface area contributed by atoms with Gasteiger partial charge in [-0.3, -0.25) is 9.69 Å². The zero-order valence-corrected chi connectivity index (χ0v) is 12.3. The Kier molecular flexibility index (Phi) is 5.45. The minimum absolute atomic E-state index is 0.192. The van der Waals surface area contributed by atoms with Gasteiger partial charge in [0, 0.05) is 12.1 Å². The maximum atomic E-state index is 11.3. The fourth-order valence-corrected chi connectivity index (χ4v) is 1.85. The highest BCUT2D eigenvalue weighted by molar-refractivity contribution is 5.69. The van der Waals surface area contributed by atoms with Crippen molar-refractivity contribution >= 4 is 5.97 Å². The quantitative estimate of drug-likeness (QED) is 0.727. The molecule has 0 aliphatic rings. The number of hydrogen-bond donors (Lipinski definition) is 0. The van der Waals surface area contributed by atoms with Crippen molar-refractivity contribution in [2.75, 3.05) is 20.2 Å². The Morgan fingerprint density at radius 3 is 2.81 bits per heavy atom. The van der Waals surface area contributed by atoms with Crippen LogP contribution in [0.3, 0.4) is 0 Å². The third kappa shape index (κ3) is 4.68. The molecular formula is C15H19N3O3. The summed E-state index contributed by atoms with van der Waals surface area (Å²) >= 11 is 0. The lowest BCUT2D eigenvalue weighted by molar-refractivity contribution is -0.143. The largest absolute Gasteiger partial charge is 0.466 e. The van der Waals surface area contributed by atoms with Gasteiger partial charge >= 0.3 is 5.97 Å². The molecular weight excluding hydrogens is 270 g/mol. The summed E-state index contributed by atoms with van der Waals surface area (Å²) < 4.78 is 10.1. The molecule has 1 aromatic heterocycles. The second kappa shape index (κ2) is 7.54. The standard InChI is InChI=1S/C15H19N3O3/c1-3-20-14(19)9-10-18(2)11-13-16-15(21-17-13)12-7-5-4-6-8-12/h4-8H,3,9-11H2,1-2H3. The van der Waals surface area contributed by atoms with Gasteiger partial charge in [0.15, 0.2) is 5.82 Å². The number of esters is 1. The molecule has 0 radical (unpaired) electrons. The number of rotatable bonds is 7. The van der Waals surface area contributed by atoms with E-state index < -0.39 is 0 Å². The van der Waals surface area contributed by atoms with Crippen LogP contribution in [0.15, 0.2) is 34.9 Å². The summed E-state index contributed by atoms with van der Waals surface area (Å²) in [5, 5.41) is 3.95. The van der Waals surface area contributed by atoms with Crippen molar-refractivity contribution in [3.05, 3.63) is 36.2 Å². The summed E-state index contributed by atoms with van der Waals surface area (Å²) in [6, 6.07) is 9.61. The van der Waals surface area contributed by atoms with Crippen LogP contribution in [0.1, 0.15) is 19.2 Å². The third-order valence-corrected chi connectivity index (χ3v) is 2.90. The summed E-state index contributed by atoms with van der Waals surface area (Å²) in [5.74, 6) is 0.909. The van der Waals surface area contributed by atoms with Gasteiger partial charge in [0.05, 0.1) is 19.6 Å². The summed E-state index contributed by atoms with van der Waals surface area (Å²) in [6.07, 6.45) is 0.355. The number of hydrogen-bond acceptors (Lipinski definition) is 6. The van der Waals surface area contributed by atoms with Crippen molar-refractivity contribution in [1.82, 2.24) is 15.0 Å². The van der Waals surface area contributed by atoms with E-state index in [1.165, 1.54) is 0 Å². The molecule has 6 nitrogen and oxygen atoms in total. The zero-order valence-electron chi connectivity index (χ0n) is 12.3. The van der Waals surface area contributed by atoms with E-state index in [1.54, 1.807) is 6.92 Å². The fourth-order valence-electron chi connectivity index (χ4n) is 1.85. The van der Waals surface area contributed by atoms with E-state index in [0.29, 0.717) is 37.8 Å². The van der Waals surface area contributed by atoms with E-state index in [4.69, 9.17) is 9.26 Å². The average molecular weight is 289 g/mol. The Morgan fingerprint density at radius 2 is 2.10 bits per heavy atom. The van der Waals surface area contributed by atoms with Crippen LogP contribution in [0.2, 0.25) is 0 Å². The summed E-state index contributed by atoms with van der Waals surface area (Å²) in [7, 11) is 1.90. The lowest BCUT2D eigenvalue weighted by Crippen LogP contribution is -2.22. The van der Waals surface area contributed by atoms with E-state index >= 15 is 0 Å². The summed E-state index contributed by atoms with van der Waals surface area (Å²) in [6.45, 7) is 3.32. The first-order valence-electron chi connectivity index (χ1n) is 6.91. The van der Waals surface area contributed by atoms with Gasteiger partial charge in [-0.2, -0.15) is 4.98 Å². The average Bonchev–Trinajstić information content (AvgIpc) is 2.95. The summed E-state index contributed by atoms with van der Waals surface area (Å²) in [5.41, 5.74) is 0.894. The molecule has 0 atom stereocenters. The Balaban J connectivity index is 1.86. The Morgan fingerprint density at radius 1 is 1.33 bits per heavy atom. The van der Waals surface area contributed by atoms with Gasteiger partial charge in [0.2, 0.25) is 0 Å². The van der Waals surface area contributed by atoms with Crippen LogP contribution in [0, 0.1) is 0 Å². The lowest BCUT2D eigenvalue weighted by atomic mass is 10.2. The molecule has 0 saturated carbocycles. The SMILES string of the molecule is CCOC(=O)CCN(C)Cc1noc(-c2ccccc2)n1. The van der Waals surface area contributed by atoms with Crippen LogP contribution >= 0.6 is 0 Å². The topological polar surface area (TPSA) is 68.5 Å². The van der Waals surface area contributed by atoms with Crippen LogP contribution in [0.4, 0.5) is 0 Å². The predicted molar refractivity (Wildman–Crippen MR) is 77.3 cm³/mol. The van der Waals surface area contributed by atoms with Gasteiger partial charge in [-0.15, -0.1) is 0 Å². The van der Waals surface area contributed by atoms with Crippen LogP contribution in [0.5, 0.6) is 0 Å². The number of carbonyl (C=O) groups excluding carboxylic acids is 1. The normalized spacial score (nSPS) is 10.8. The molecule has 0 fully saturated rings. The van der Waals surface area contributed by atoms with Gasteiger partial charge in [0.25, 0.3) is 5.89 Å². The number of benzene rings is 1. The van der Waals surface area contributed by atoms with Crippen molar-refractivity contribution in [3.8, 4) is 11.5 Å². The fraction of sp³-hybridized carbons (Fsp3) is 0.400. The lowest BCUT2D eigenvalue weighted by Gasteiger charge is -2.13. The van der Waals surface area contributed by atoms with Gasteiger partial charge in [0.1, 0.15) is 0 Å². The molecule has 2 aromatic rings. The molecule has 0 amide bonds. The Hall–Kier alpha value is -2.21. The number of aromatic nitrogens is 2. The highest BCUT2D eigenvalue weighted by atomic mass is 16.5. The molecule has 0 spiro atoms. The second-order valence-corrected chi connectivity index (χ2v) is 4.67. The smallest absolute Gasteiger partial charge is 0.307 e. The predicted octanol–water partition coefficient (Wildman–Crippen LogP) is 2.12. The van der Waals surface area contributed by atoms with E-state index in [2.05, 4.69) is 10.1 Å². The second-order valence-electron chi connectivity index (χ2n) is 4.67. The Bertz CT molecular complexity index is 569. The van der Waals surface area contributed by atoms with E-state index in [-0.39, 0.29) is 5.97 Å². The van der Waals surface area contributed by atoms with Crippen LogP contribution in [0.25, 0.3) is 11.5 Å². The van der Waals surface area contributed by atoms with Gasteiger partial charge in [-0.1, -0.05) is 23.4 Å². The van der Waals surface area contributed by atoms with Crippen molar-refractivity contribution in [3.63, 3.8) is 0 Å². The Labute approximate surface area is 123 Å². The highest BCUT2D eigenvalue weighted by Gasteiger charge is 2.11. The molecule has 0 saturated heterocycles. The van der Waals surface area contributed by atoms with Gasteiger partial charge in [-0.05, 0) is 26.1 Å². The van der Waals surface area contributed by atoms with Crippen molar-refractivity contribution in [2.45, 2.75) is 19.9 Å². The molecule has 0 unspecified atom stereocenters. The maximum absolute atomic E-state index is 11.3. The number of ether oxygens (including phenoxy) is 1. The molecule has 6 heteroatoms. The molecule has 21 heavy (non-hydrogen) atoms. The van der Waals surface area contributed by atoms with Crippen molar-refractivity contribution < 1.29 is 14.1 Å². The molecule has 0 aliphatic heterocycles. The third-order valence-electron chi connectivity index (χ3n) is 2.90. The maximum Gasteiger partial charge on any atom is 0.307 e. The molecule has 0 N–H and O–H groups in total. The van der Waals surface area contributed by atoms with Crippen molar-refractivity contribution in [2.24, 2.45) is 0 Å². The number of carbonyl (C=O) groups is 1. The van der Waals surface area contributed by atoms with Gasteiger partial charge in [-0.25, -0.2) is 0 Å². The molecule has 0 bridgehead atoms. The molecule has 0 aliphatic carbocycles. The van der Waals surface area contributed by atoms with Crippen LogP contribution < -0.4 is 0 Å². The highest BCUT2D eigenvalue weighted by Crippen LogP contribution is 2.16. The molecule has 112 valence electrons. The number of nitrogens with zero attached hydrogens (tertiary/aromatic N) is 3. The molecule has 2 rings (SSSR count). The first-order chi connectivity index (χ1) is 10.2. The monoisotopic (exact) mass is 289 g/mol. The zero-order chi connectivity index (χ0) is 15.1. The van der Waals surface area contributed by atoms with E-state index in [1.807, 2.05) is 42.3 Å². The van der Waals surface area contributed by atoms with E-state index in [9.17, 15) is 4.79 Å². The van der Waals surface area contributed by atoms with E-state index in [0.717, 1.165) is 5.56 Å². The molecule has 1 aromatic carbocycles. The summed E-state index contributed by atoms with van der Waals surface area (Å²) in [4.78, 5) is 17.6. The first-order valence-corrected chi connectivity index (χ1v) is 6.91. The minimum Gasteiger partial charge on any atom is -0.466 e. The minimum atomic E-state index is -0.192.